The van der Waals surface area contributed by atoms with E-state index < -0.39 is 17.7 Å². The Bertz CT molecular complexity index is 1710. The first-order valence-corrected chi connectivity index (χ1v) is 16.5. The van der Waals surface area contributed by atoms with Gasteiger partial charge in [-0.15, -0.1) is 10.2 Å². The average molecular weight is 662 g/mol. The number of Topliss-reactive ketones (excluding diaryl/α,β-unsaturated/α-hetero) is 1. The van der Waals surface area contributed by atoms with Crippen LogP contribution < -0.4 is 23.8 Å². The molecule has 0 radical (unpaired) electrons. The van der Waals surface area contributed by atoms with Crippen molar-refractivity contribution in [3.63, 3.8) is 0 Å². The van der Waals surface area contributed by atoms with Crippen molar-refractivity contribution in [2.24, 2.45) is 0 Å². The number of aromatic nitrogens is 2. The number of hydrogen-bond acceptors (Lipinski definition) is 11. The number of ketones is 1. The number of carbonyl (C=O) groups excluding carboxylic acids is 2. The quantitative estimate of drug-likeness (QED) is 0.0402. The van der Waals surface area contributed by atoms with Crippen molar-refractivity contribution in [1.29, 1.82) is 0 Å². The minimum absolute atomic E-state index is 0.108. The molecule has 10 nitrogen and oxygen atoms in total. The molecule has 1 fully saturated rings. The zero-order chi connectivity index (χ0) is 32.8. The lowest BCUT2D eigenvalue weighted by Gasteiger charge is -2.24. The van der Waals surface area contributed by atoms with Gasteiger partial charge in [0.25, 0.3) is 5.78 Å². The maximum Gasteiger partial charge on any atom is 0.301 e. The standard InChI is InChI=1S/C34H35N3O7S2/c1-6-7-16-44-24-14-12-22(13-15-24)29(38)27-28(23-17-25(41-3)31(43-5)26(18-23)42-4)37(32(40)30(27)39)33-35-36-34(46-33)45-19-21-10-8-20(2)9-11-21/h8-15,17-18,28,38H,6-7,16,19H2,1-5H3/b29-27+. The Morgan fingerprint density at radius 1 is 0.957 bits per heavy atom. The van der Waals surface area contributed by atoms with Crippen molar-refractivity contribution in [2.75, 3.05) is 32.8 Å². The van der Waals surface area contributed by atoms with E-state index in [-0.39, 0.29) is 16.5 Å². The van der Waals surface area contributed by atoms with Crippen LogP contribution in [0.3, 0.4) is 0 Å². The molecule has 1 saturated heterocycles. The van der Waals surface area contributed by atoms with Gasteiger partial charge in [0.05, 0.1) is 39.6 Å². The molecular formula is C34H35N3O7S2. The summed E-state index contributed by atoms with van der Waals surface area (Å²) in [6.07, 6.45) is 1.92. The largest absolute Gasteiger partial charge is 0.507 e. The first-order chi connectivity index (χ1) is 22.3. The third kappa shape index (κ3) is 6.82. The Morgan fingerprint density at radius 3 is 2.24 bits per heavy atom. The first-order valence-electron chi connectivity index (χ1n) is 14.7. The van der Waals surface area contributed by atoms with E-state index >= 15 is 0 Å². The van der Waals surface area contributed by atoms with Crippen LogP contribution in [0.25, 0.3) is 5.76 Å². The Morgan fingerprint density at radius 2 is 1.63 bits per heavy atom. The molecule has 3 aromatic carbocycles. The number of benzene rings is 3. The van der Waals surface area contributed by atoms with Gasteiger partial charge >= 0.3 is 5.91 Å². The number of ether oxygens (including phenoxy) is 4. The SMILES string of the molecule is CCCCOc1ccc(/C(O)=C2\C(=O)C(=O)N(c3nnc(SCc4ccc(C)cc4)s3)C2c2cc(OC)c(OC)c(OC)c2)cc1. The molecule has 5 rings (SSSR count). The monoisotopic (exact) mass is 661 g/mol. The van der Waals surface area contributed by atoms with Crippen molar-refractivity contribution >= 4 is 45.7 Å². The Hall–Kier alpha value is -4.55. The van der Waals surface area contributed by atoms with E-state index in [0.29, 0.717) is 50.8 Å². The number of thioether (sulfide) groups is 1. The molecule has 1 atom stereocenters. The summed E-state index contributed by atoms with van der Waals surface area (Å²) in [5.74, 6) is 0.242. The van der Waals surface area contributed by atoms with Gasteiger partial charge in [-0.1, -0.05) is 66.3 Å². The predicted molar refractivity (Wildman–Crippen MR) is 178 cm³/mol. The Kier molecular flexibility index (Phi) is 10.5. The molecule has 1 aromatic heterocycles. The molecule has 1 aliphatic heterocycles. The van der Waals surface area contributed by atoms with E-state index in [2.05, 4.69) is 29.3 Å². The number of amides is 1. The number of aliphatic hydroxyl groups is 1. The van der Waals surface area contributed by atoms with Crippen LogP contribution in [0, 0.1) is 6.92 Å². The second kappa shape index (κ2) is 14.7. The van der Waals surface area contributed by atoms with Crippen molar-refractivity contribution in [1.82, 2.24) is 10.2 Å². The minimum atomic E-state index is -1.07. The van der Waals surface area contributed by atoms with E-state index in [9.17, 15) is 14.7 Å². The molecule has 0 aliphatic carbocycles. The fourth-order valence-corrected chi connectivity index (χ4v) is 6.81. The molecule has 1 unspecified atom stereocenters. The number of hydrogen-bond donors (Lipinski definition) is 1. The van der Waals surface area contributed by atoms with Gasteiger partial charge in [0, 0.05) is 11.3 Å². The predicted octanol–water partition coefficient (Wildman–Crippen LogP) is 6.97. The van der Waals surface area contributed by atoms with Crippen LogP contribution in [-0.2, 0) is 15.3 Å². The molecule has 0 saturated carbocycles. The van der Waals surface area contributed by atoms with Gasteiger partial charge in [0.15, 0.2) is 15.8 Å². The van der Waals surface area contributed by atoms with Crippen molar-refractivity contribution < 1.29 is 33.6 Å². The molecule has 4 aromatic rings. The highest BCUT2D eigenvalue weighted by Crippen LogP contribution is 2.48. The maximum atomic E-state index is 13.7. The number of nitrogens with zero attached hydrogens (tertiary/aromatic N) is 3. The average Bonchev–Trinajstić information content (AvgIpc) is 3.65. The van der Waals surface area contributed by atoms with E-state index in [0.717, 1.165) is 18.4 Å². The third-order valence-electron chi connectivity index (χ3n) is 7.43. The number of carbonyl (C=O) groups is 2. The van der Waals surface area contributed by atoms with Crippen LogP contribution >= 0.6 is 23.1 Å². The fraction of sp³-hybridized carbons (Fsp3) is 0.294. The third-order valence-corrected chi connectivity index (χ3v) is 9.55. The summed E-state index contributed by atoms with van der Waals surface area (Å²) in [7, 11) is 4.44. The van der Waals surface area contributed by atoms with Crippen LogP contribution in [-0.4, -0.2) is 54.9 Å². The zero-order valence-electron chi connectivity index (χ0n) is 26.2. The number of aliphatic hydroxyl groups excluding tert-OH is 1. The second-order valence-electron chi connectivity index (χ2n) is 10.5. The lowest BCUT2D eigenvalue weighted by atomic mass is 9.94. The molecule has 2 heterocycles. The summed E-state index contributed by atoms with van der Waals surface area (Å²) in [4.78, 5) is 28.7. The van der Waals surface area contributed by atoms with E-state index in [1.165, 1.54) is 54.9 Å². The smallest absolute Gasteiger partial charge is 0.301 e. The van der Waals surface area contributed by atoms with E-state index in [1.54, 1.807) is 36.4 Å². The Balaban J connectivity index is 1.57. The molecule has 1 N–H and O–H groups in total. The summed E-state index contributed by atoms with van der Waals surface area (Å²) in [6, 6.07) is 17.2. The topological polar surface area (TPSA) is 120 Å². The highest BCUT2D eigenvalue weighted by atomic mass is 32.2. The number of unbranched alkanes of at least 4 members (excludes halogenated alkanes) is 1. The maximum absolute atomic E-state index is 13.7. The van der Waals surface area contributed by atoms with Gasteiger partial charge in [0.1, 0.15) is 11.5 Å². The van der Waals surface area contributed by atoms with Crippen LogP contribution in [0.15, 0.2) is 70.6 Å². The molecule has 46 heavy (non-hydrogen) atoms. The molecule has 240 valence electrons. The van der Waals surface area contributed by atoms with Gasteiger partial charge in [0.2, 0.25) is 10.9 Å². The van der Waals surface area contributed by atoms with Gasteiger partial charge in [-0.25, -0.2) is 0 Å². The fourth-order valence-electron chi connectivity index (χ4n) is 4.99. The van der Waals surface area contributed by atoms with Crippen LogP contribution in [0.2, 0.25) is 0 Å². The van der Waals surface area contributed by atoms with Crippen molar-refractivity contribution in [2.45, 2.75) is 42.8 Å². The summed E-state index contributed by atoms with van der Waals surface area (Å²) >= 11 is 2.67. The number of anilines is 1. The van der Waals surface area contributed by atoms with Crippen LogP contribution in [0.1, 0.15) is 48.1 Å². The van der Waals surface area contributed by atoms with Crippen LogP contribution in [0.4, 0.5) is 5.13 Å². The van der Waals surface area contributed by atoms with Gasteiger partial charge in [-0.3, -0.25) is 14.5 Å². The summed E-state index contributed by atoms with van der Waals surface area (Å²) in [5.41, 5.74) is 2.98. The highest BCUT2D eigenvalue weighted by molar-refractivity contribution is 8.00. The molecule has 1 aliphatic rings. The van der Waals surface area contributed by atoms with Gasteiger partial charge in [-0.2, -0.15) is 0 Å². The van der Waals surface area contributed by atoms with Crippen LogP contribution in [0.5, 0.6) is 23.0 Å². The summed E-state index contributed by atoms with van der Waals surface area (Å²) in [5, 5.41) is 20.4. The van der Waals surface area contributed by atoms with E-state index in [4.69, 9.17) is 18.9 Å². The van der Waals surface area contributed by atoms with Crippen molar-refractivity contribution in [3.05, 3.63) is 88.5 Å². The normalized spacial score (nSPS) is 15.7. The van der Waals surface area contributed by atoms with E-state index in [1.807, 2.05) is 19.1 Å². The zero-order valence-corrected chi connectivity index (χ0v) is 27.9. The number of aryl methyl sites for hydroxylation is 1. The lowest BCUT2D eigenvalue weighted by molar-refractivity contribution is -0.132. The summed E-state index contributed by atoms with van der Waals surface area (Å²) in [6.45, 7) is 4.68. The van der Waals surface area contributed by atoms with Crippen molar-refractivity contribution in [3.8, 4) is 23.0 Å². The lowest BCUT2D eigenvalue weighted by Crippen LogP contribution is -2.29. The van der Waals surface area contributed by atoms with Gasteiger partial charge < -0.3 is 24.1 Å². The molecule has 1 amide bonds. The second-order valence-corrected chi connectivity index (χ2v) is 12.7. The van der Waals surface area contributed by atoms with Gasteiger partial charge in [-0.05, 0) is 60.9 Å². The molecule has 12 heteroatoms. The summed E-state index contributed by atoms with van der Waals surface area (Å²) < 4.78 is 23.0. The number of rotatable bonds is 13. The molecule has 0 spiro atoms. The molecule has 0 bridgehead atoms. The first kappa shape index (κ1) is 32.8. The minimum Gasteiger partial charge on any atom is -0.507 e. The Labute approximate surface area is 276 Å². The molecular weight excluding hydrogens is 627 g/mol. The number of methoxy groups -OCH3 is 3. The highest BCUT2D eigenvalue weighted by Gasteiger charge is 2.49.